The summed E-state index contributed by atoms with van der Waals surface area (Å²) in [5.74, 6) is 0.926. The number of rotatable bonds is 4. The van der Waals surface area contributed by atoms with E-state index >= 15 is 0 Å². The van der Waals surface area contributed by atoms with Crippen LogP contribution in [0.4, 0.5) is 0 Å². The molecule has 0 saturated carbocycles. The molecule has 15 heavy (non-hydrogen) atoms. The van der Waals surface area contributed by atoms with Gasteiger partial charge in [0.2, 0.25) is 0 Å². The predicted octanol–water partition coefficient (Wildman–Crippen LogP) is 3.79. The van der Waals surface area contributed by atoms with Crippen molar-refractivity contribution in [3.63, 3.8) is 0 Å². The van der Waals surface area contributed by atoms with Crippen molar-refractivity contribution in [2.45, 2.75) is 6.42 Å². The molecule has 0 N–H and O–H groups in total. The van der Waals surface area contributed by atoms with E-state index in [-0.39, 0.29) is 0 Å². The van der Waals surface area contributed by atoms with Crippen molar-refractivity contribution >= 4 is 10.8 Å². The molecule has 0 fully saturated rings. The van der Waals surface area contributed by atoms with Crippen LogP contribution in [0.2, 0.25) is 0 Å². The van der Waals surface area contributed by atoms with E-state index in [1.165, 1.54) is 10.8 Å². The third kappa shape index (κ3) is 2.38. The average molecular weight is 198 g/mol. The van der Waals surface area contributed by atoms with Gasteiger partial charge in [-0.2, -0.15) is 0 Å². The lowest BCUT2D eigenvalue weighted by Gasteiger charge is -2.05. The number of benzene rings is 2. The molecule has 2 aromatic rings. The molecule has 1 heteroatoms. The fraction of sp³-hybridized carbons (Fsp3) is 0.143. The Balaban J connectivity index is 2.19. The maximum Gasteiger partial charge on any atom is 0.119 e. The van der Waals surface area contributed by atoms with Gasteiger partial charge in [-0.15, -0.1) is 6.58 Å². The van der Waals surface area contributed by atoms with Crippen LogP contribution in [0.3, 0.4) is 0 Å². The summed E-state index contributed by atoms with van der Waals surface area (Å²) in [5, 5.41) is 2.46. The third-order valence-corrected chi connectivity index (χ3v) is 2.31. The molecule has 0 bridgehead atoms. The van der Waals surface area contributed by atoms with E-state index in [4.69, 9.17) is 4.74 Å². The summed E-state index contributed by atoms with van der Waals surface area (Å²) in [4.78, 5) is 0. The summed E-state index contributed by atoms with van der Waals surface area (Å²) in [6, 6.07) is 14.4. The SMILES string of the molecule is C=CCCOc1ccc2ccccc2c1. The van der Waals surface area contributed by atoms with Crippen LogP contribution in [0.5, 0.6) is 5.75 Å². The first kappa shape index (κ1) is 9.78. The van der Waals surface area contributed by atoms with Gasteiger partial charge in [0.15, 0.2) is 0 Å². The van der Waals surface area contributed by atoms with Crippen molar-refractivity contribution in [1.82, 2.24) is 0 Å². The Hall–Kier alpha value is -1.76. The summed E-state index contributed by atoms with van der Waals surface area (Å²) in [6.45, 7) is 4.36. The summed E-state index contributed by atoms with van der Waals surface area (Å²) < 4.78 is 5.58. The second-order valence-electron chi connectivity index (χ2n) is 3.43. The fourth-order valence-electron chi connectivity index (χ4n) is 1.52. The van der Waals surface area contributed by atoms with Crippen molar-refractivity contribution in [2.24, 2.45) is 0 Å². The second kappa shape index (κ2) is 4.65. The molecule has 0 aliphatic rings. The summed E-state index contributed by atoms with van der Waals surface area (Å²) in [6.07, 6.45) is 2.74. The molecule has 0 amide bonds. The van der Waals surface area contributed by atoms with Crippen molar-refractivity contribution in [3.05, 3.63) is 55.1 Å². The van der Waals surface area contributed by atoms with Gasteiger partial charge < -0.3 is 4.74 Å². The molecule has 0 heterocycles. The van der Waals surface area contributed by atoms with Gasteiger partial charge in [-0.05, 0) is 29.3 Å². The van der Waals surface area contributed by atoms with E-state index in [9.17, 15) is 0 Å². The maximum atomic E-state index is 5.58. The Morgan fingerprint density at radius 3 is 2.67 bits per heavy atom. The second-order valence-corrected chi connectivity index (χ2v) is 3.43. The highest BCUT2D eigenvalue weighted by Crippen LogP contribution is 2.20. The Kier molecular flexibility index (Phi) is 3.03. The number of ether oxygens (including phenoxy) is 1. The molecule has 0 spiro atoms. The smallest absolute Gasteiger partial charge is 0.119 e. The monoisotopic (exact) mass is 198 g/mol. The van der Waals surface area contributed by atoms with Crippen molar-refractivity contribution < 1.29 is 4.74 Å². The zero-order valence-corrected chi connectivity index (χ0v) is 8.65. The molecule has 0 radical (unpaired) electrons. The van der Waals surface area contributed by atoms with E-state index in [0.29, 0.717) is 6.61 Å². The lowest BCUT2D eigenvalue weighted by Crippen LogP contribution is -1.94. The molecule has 0 aliphatic carbocycles. The molecular weight excluding hydrogens is 184 g/mol. The summed E-state index contributed by atoms with van der Waals surface area (Å²) in [7, 11) is 0. The van der Waals surface area contributed by atoms with Crippen LogP contribution in [-0.4, -0.2) is 6.61 Å². The van der Waals surface area contributed by atoms with Gasteiger partial charge >= 0.3 is 0 Å². The van der Waals surface area contributed by atoms with Gasteiger partial charge in [0.1, 0.15) is 5.75 Å². The Bertz CT molecular complexity index is 460. The van der Waals surface area contributed by atoms with Crippen molar-refractivity contribution in [1.29, 1.82) is 0 Å². The highest BCUT2D eigenvalue weighted by Gasteiger charge is 1.95. The Labute approximate surface area is 90.0 Å². The minimum absolute atomic E-state index is 0.696. The first-order valence-electron chi connectivity index (χ1n) is 5.12. The van der Waals surface area contributed by atoms with Crippen LogP contribution in [0, 0.1) is 0 Å². The molecular formula is C14H14O. The standard InChI is InChI=1S/C14H14O/c1-2-3-10-15-14-9-8-12-6-4-5-7-13(12)11-14/h2,4-9,11H,1,3,10H2. The van der Waals surface area contributed by atoms with Crippen LogP contribution in [0.1, 0.15) is 6.42 Å². The van der Waals surface area contributed by atoms with Crippen LogP contribution in [0.25, 0.3) is 10.8 Å². The highest BCUT2D eigenvalue weighted by molar-refractivity contribution is 5.83. The lowest BCUT2D eigenvalue weighted by molar-refractivity contribution is 0.325. The highest BCUT2D eigenvalue weighted by atomic mass is 16.5. The van der Waals surface area contributed by atoms with Crippen LogP contribution >= 0.6 is 0 Å². The van der Waals surface area contributed by atoms with E-state index in [1.807, 2.05) is 24.3 Å². The van der Waals surface area contributed by atoms with Crippen LogP contribution in [0.15, 0.2) is 55.1 Å². The third-order valence-electron chi connectivity index (χ3n) is 2.31. The molecule has 0 aromatic heterocycles. The van der Waals surface area contributed by atoms with E-state index in [2.05, 4.69) is 30.8 Å². The van der Waals surface area contributed by atoms with Gasteiger partial charge in [-0.25, -0.2) is 0 Å². The molecule has 0 atom stereocenters. The topological polar surface area (TPSA) is 9.23 Å². The zero-order valence-electron chi connectivity index (χ0n) is 8.65. The lowest BCUT2D eigenvalue weighted by atomic mass is 10.1. The van der Waals surface area contributed by atoms with Crippen molar-refractivity contribution in [3.8, 4) is 5.75 Å². The number of hydrogen-bond acceptors (Lipinski definition) is 1. The summed E-state index contributed by atoms with van der Waals surface area (Å²) >= 11 is 0. The first-order valence-corrected chi connectivity index (χ1v) is 5.12. The molecule has 1 nitrogen and oxygen atoms in total. The zero-order chi connectivity index (χ0) is 10.5. The van der Waals surface area contributed by atoms with Crippen LogP contribution < -0.4 is 4.74 Å². The number of hydrogen-bond donors (Lipinski definition) is 0. The normalized spacial score (nSPS) is 10.1. The van der Waals surface area contributed by atoms with E-state index in [1.54, 1.807) is 0 Å². The minimum Gasteiger partial charge on any atom is -0.493 e. The largest absolute Gasteiger partial charge is 0.493 e. The molecule has 76 valence electrons. The van der Waals surface area contributed by atoms with Gasteiger partial charge in [-0.3, -0.25) is 0 Å². The van der Waals surface area contributed by atoms with Gasteiger partial charge in [0.25, 0.3) is 0 Å². The van der Waals surface area contributed by atoms with Crippen LogP contribution in [-0.2, 0) is 0 Å². The molecule has 2 aromatic carbocycles. The molecule has 2 rings (SSSR count). The number of fused-ring (bicyclic) bond motifs is 1. The molecule has 0 unspecified atom stereocenters. The van der Waals surface area contributed by atoms with Gasteiger partial charge in [0, 0.05) is 0 Å². The Morgan fingerprint density at radius 2 is 1.87 bits per heavy atom. The summed E-state index contributed by atoms with van der Waals surface area (Å²) in [5.41, 5.74) is 0. The molecule has 0 aliphatic heterocycles. The Morgan fingerprint density at radius 1 is 1.07 bits per heavy atom. The molecule has 0 saturated heterocycles. The first-order chi connectivity index (χ1) is 7.40. The van der Waals surface area contributed by atoms with E-state index < -0.39 is 0 Å². The van der Waals surface area contributed by atoms with Gasteiger partial charge in [-0.1, -0.05) is 36.4 Å². The maximum absolute atomic E-state index is 5.58. The van der Waals surface area contributed by atoms with E-state index in [0.717, 1.165) is 12.2 Å². The fourth-order valence-corrected chi connectivity index (χ4v) is 1.52. The quantitative estimate of drug-likeness (QED) is 0.536. The van der Waals surface area contributed by atoms with Gasteiger partial charge in [0.05, 0.1) is 6.61 Å². The predicted molar refractivity (Wildman–Crippen MR) is 64.3 cm³/mol. The average Bonchev–Trinajstić information content (AvgIpc) is 2.29. The minimum atomic E-state index is 0.696. The van der Waals surface area contributed by atoms with Crippen molar-refractivity contribution in [2.75, 3.05) is 6.61 Å².